The van der Waals surface area contributed by atoms with Gasteiger partial charge in [-0.05, 0) is 61.4 Å². The van der Waals surface area contributed by atoms with Crippen molar-refractivity contribution in [1.82, 2.24) is 9.21 Å². The van der Waals surface area contributed by atoms with Crippen molar-refractivity contribution in [3.8, 4) is 5.75 Å². The van der Waals surface area contributed by atoms with Gasteiger partial charge in [-0.1, -0.05) is 12.8 Å². The first-order valence-corrected chi connectivity index (χ1v) is 13.0. The molecule has 0 radical (unpaired) electrons. The second-order valence-electron chi connectivity index (χ2n) is 8.44. The average Bonchev–Trinajstić information content (AvgIpc) is 3.14. The maximum absolute atomic E-state index is 13.1. The molecule has 2 amide bonds. The SMILES string of the molecule is COc1ccc(N2CCN(S(=O)(=O)c3ccc(NC(=O)N4CCCCCC4)cc3)CC2)cc1. The Labute approximate surface area is 196 Å². The average molecular weight is 473 g/mol. The van der Waals surface area contributed by atoms with Gasteiger partial charge in [0.2, 0.25) is 10.0 Å². The smallest absolute Gasteiger partial charge is 0.321 e. The van der Waals surface area contributed by atoms with Gasteiger partial charge >= 0.3 is 6.03 Å². The van der Waals surface area contributed by atoms with Crippen molar-refractivity contribution in [2.45, 2.75) is 30.6 Å². The Bertz CT molecular complexity index is 1030. The van der Waals surface area contributed by atoms with E-state index in [1.54, 1.807) is 31.4 Å². The highest BCUT2D eigenvalue weighted by atomic mass is 32.2. The molecule has 2 aliphatic heterocycles. The number of amides is 2. The minimum Gasteiger partial charge on any atom is -0.497 e. The number of hydrogen-bond donors (Lipinski definition) is 1. The molecular weight excluding hydrogens is 440 g/mol. The van der Waals surface area contributed by atoms with Gasteiger partial charge in [-0.15, -0.1) is 0 Å². The summed E-state index contributed by atoms with van der Waals surface area (Å²) in [5.74, 6) is 0.797. The second-order valence-corrected chi connectivity index (χ2v) is 10.4. The Morgan fingerprint density at radius 3 is 2.00 bits per heavy atom. The van der Waals surface area contributed by atoms with E-state index in [0.717, 1.165) is 50.2 Å². The van der Waals surface area contributed by atoms with Crippen LogP contribution in [0.3, 0.4) is 0 Å². The van der Waals surface area contributed by atoms with E-state index in [9.17, 15) is 13.2 Å². The van der Waals surface area contributed by atoms with Crippen molar-refractivity contribution < 1.29 is 17.9 Å². The Morgan fingerprint density at radius 1 is 0.818 bits per heavy atom. The molecule has 0 unspecified atom stereocenters. The van der Waals surface area contributed by atoms with E-state index in [1.807, 2.05) is 29.2 Å². The lowest BCUT2D eigenvalue weighted by molar-refractivity contribution is 0.214. The van der Waals surface area contributed by atoms with E-state index in [4.69, 9.17) is 4.74 Å². The molecule has 4 rings (SSSR count). The molecule has 0 spiro atoms. The highest BCUT2D eigenvalue weighted by molar-refractivity contribution is 7.89. The van der Waals surface area contributed by atoms with Gasteiger partial charge in [0, 0.05) is 50.6 Å². The van der Waals surface area contributed by atoms with E-state index in [-0.39, 0.29) is 10.9 Å². The minimum atomic E-state index is -3.59. The second kappa shape index (κ2) is 10.4. The number of sulfonamides is 1. The molecule has 178 valence electrons. The van der Waals surface area contributed by atoms with Crippen molar-refractivity contribution in [3.05, 3.63) is 48.5 Å². The third-order valence-electron chi connectivity index (χ3n) is 6.31. The first-order valence-electron chi connectivity index (χ1n) is 11.5. The predicted molar refractivity (Wildman–Crippen MR) is 129 cm³/mol. The molecule has 0 bridgehead atoms. The zero-order valence-corrected chi connectivity index (χ0v) is 19.9. The summed E-state index contributed by atoms with van der Waals surface area (Å²) in [6.45, 7) is 3.61. The van der Waals surface area contributed by atoms with Crippen LogP contribution >= 0.6 is 0 Å². The summed E-state index contributed by atoms with van der Waals surface area (Å²) in [6.07, 6.45) is 4.36. The van der Waals surface area contributed by atoms with E-state index in [1.165, 1.54) is 4.31 Å². The molecule has 0 atom stereocenters. The van der Waals surface area contributed by atoms with Crippen LogP contribution in [-0.4, -0.2) is 70.0 Å². The number of benzene rings is 2. The third kappa shape index (κ3) is 5.59. The summed E-state index contributed by atoms with van der Waals surface area (Å²) < 4.78 is 33.0. The van der Waals surface area contributed by atoms with Crippen LogP contribution in [-0.2, 0) is 10.0 Å². The number of carbonyl (C=O) groups is 1. The molecule has 2 aliphatic rings. The fourth-order valence-electron chi connectivity index (χ4n) is 4.32. The maximum Gasteiger partial charge on any atom is 0.321 e. The number of hydrogen-bond acceptors (Lipinski definition) is 5. The quantitative estimate of drug-likeness (QED) is 0.719. The number of ether oxygens (including phenoxy) is 1. The number of urea groups is 1. The molecule has 2 aromatic carbocycles. The molecule has 2 heterocycles. The maximum atomic E-state index is 13.1. The summed E-state index contributed by atoms with van der Waals surface area (Å²) in [6, 6.07) is 14.1. The van der Waals surface area contributed by atoms with Crippen LogP contribution in [0.5, 0.6) is 5.75 Å². The van der Waals surface area contributed by atoms with E-state index in [2.05, 4.69) is 10.2 Å². The lowest BCUT2D eigenvalue weighted by Crippen LogP contribution is -2.48. The molecule has 0 aromatic heterocycles. The summed E-state index contributed by atoms with van der Waals surface area (Å²) in [5, 5.41) is 2.89. The lowest BCUT2D eigenvalue weighted by Gasteiger charge is -2.35. The monoisotopic (exact) mass is 472 g/mol. The minimum absolute atomic E-state index is 0.123. The van der Waals surface area contributed by atoms with Gasteiger partial charge in [-0.25, -0.2) is 13.2 Å². The molecule has 0 aliphatic carbocycles. The molecule has 2 saturated heterocycles. The van der Waals surface area contributed by atoms with Crippen molar-refractivity contribution in [2.24, 2.45) is 0 Å². The van der Waals surface area contributed by atoms with Gasteiger partial charge in [0.05, 0.1) is 12.0 Å². The van der Waals surface area contributed by atoms with Gasteiger partial charge in [0.1, 0.15) is 5.75 Å². The third-order valence-corrected chi connectivity index (χ3v) is 8.23. The predicted octanol–water partition coefficient (Wildman–Crippen LogP) is 3.61. The fraction of sp³-hybridized carbons (Fsp3) is 0.458. The Morgan fingerprint density at radius 2 is 1.42 bits per heavy atom. The largest absolute Gasteiger partial charge is 0.497 e. The van der Waals surface area contributed by atoms with Crippen LogP contribution in [0, 0.1) is 0 Å². The lowest BCUT2D eigenvalue weighted by atomic mass is 10.2. The van der Waals surface area contributed by atoms with E-state index < -0.39 is 10.0 Å². The number of nitrogens with zero attached hydrogens (tertiary/aromatic N) is 3. The number of anilines is 2. The van der Waals surface area contributed by atoms with Crippen LogP contribution in [0.25, 0.3) is 0 Å². The number of nitrogens with one attached hydrogen (secondary N) is 1. The molecule has 2 aromatic rings. The van der Waals surface area contributed by atoms with E-state index in [0.29, 0.717) is 31.9 Å². The van der Waals surface area contributed by atoms with Crippen molar-refractivity contribution >= 4 is 27.4 Å². The van der Waals surface area contributed by atoms with Crippen LogP contribution in [0.1, 0.15) is 25.7 Å². The first kappa shape index (κ1) is 23.4. The van der Waals surface area contributed by atoms with Gasteiger partial charge in [-0.3, -0.25) is 0 Å². The highest BCUT2D eigenvalue weighted by Gasteiger charge is 2.28. The Hall–Kier alpha value is -2.78. The summed E-state index contributed by atoms with van der Waals surface area (Å²) >= 11 is 0. The highest BCUT2D eigenvalue weighted by Crippen LogP contribution is 2.24. The molecule has 2 fully saturated rings. The van der Waals surface area contributed by atoms with Crippen LogP contribution < -0.4 is 15.0 Å². The summed E-state index contributed by atoms with van der Waals surface area (Å²) in [7, 11) is -1.95. The molecule has 33 heavy (non-hydrogen) atoms. The number of carbonyl (C=O) groups excluding carboxylic acids is 1. The standard InChI is InChI=1S/C24H32N4O4S/c1-32-22-10-8-21(9-11-22)26-16-18-28(19-17-26)33(30,31)23-12-6-20(7-13-23)25-24(29)27-14-4-2-3-5-15-27/h6-13H,2-5,14-19H2,1H3,(H,25,29). The molecule has 8 nitrogen and oxygen atoms in total. The van der Waals surface area contributed by atoms with Gasteiger partial charge in [0.25, 0.3) is 0 Å². The molecular formula is C24H32N4O4S. The zero-order chi connectivity index (χ0) is 23.3. The van der Waals surface area contributed by atoms with Crippen LogP contribution in [0.4, 0.5) is 16.2 Å². The van der Waals surface area contributed by atoms with Gasteiger partial charge in [-0.2, -0.15) is 4.31 Å². The van der Waals surface area contributed by atoms with Gasteiger partial charge < -0.3 is 19.9 Å². The number of likely N-dealkylation sites (tertiary alicyclic amines) is 1. The normalized spacial score (nSPS) is 18.0. The zero-order valence-electron chi connectivity index (χ0n) is 19.1. The van der Waals surface area contributed by atoms with E-state index >= 15 is 0 Å². The molecule has 1 N–H and O–H groups in total. The van der Waals surface area contributed by atoms with Crippen molar-refractivity contribution in [1.29, 1.82) is 0 Å². The Balaban J connectivity index is 1.35. The first-order chi connectivity index (χ1) is 16.0. The summed E-state index contributed by atoms with van der Waals surface area (Å²) in [4.78, 5) is 16.8. The molecule has 9 heteroatoms. The van der Waals surface area contributed by atoms with Gasteiger partial charge in [0.15, 0.2) is 0 Å². The summed E-state index contributed by atoms with van der Waals surface area (Å²) in [5.41, 5.74) is 1.66. The molecule has 0 saturated carbocycles. The van der Waals surface area contributed by atoms with Crippen LogP contribution in [0.2, 0.25) is 0 Å². The number of methoxy groups -OCH3 is 1. The topological polar surface area (TPSA) is 82.2 Å². The number of piperazine rings is 1. The Kier molecular flexibility index (Phi) is 7.39. The van der Waals surface area contributed by atoms with Crippen molar-refractivity contribution in [3.63, 3.8) is 0 Å². The van der Waals surface area contributed by atoms with Crippen LogP contribution in [0.15, 0.2) is 53.4 Å². The number of rotatable bonds is 5. The van der Waals surface area contributed by atoms with Crippen molar-refractivity contribution in [2.75, 3.05) is 56.6 Å². The fourth-order valence-corrected chi connectivity index (χ4v) is 5.74.